The van der Waals surface area contributed by atoms with E-state index in [1.165, 1.54) is 44.2 Å². The van der Waals surface area contributed by atoms with Crippen LogP contribution in [0.3, 0.4) is 0 Å². The molecular weight excluding hydrogens is 376 g/mol. The molecule has 9 nitrogen and oxygen atoms in total. The van der Waals surface area contributed by atoms with Crippen molar-refractivity contribution < 1.29 is 27.7 Å². The predicted molar refractivity (Wildman–Crippen MR) is 96.6 cm³/mol. The molecule has 0 bridgehead atoms. The fourth-order valence-electron chi connectivity index (χ4n) is 2.75. The van der Waals surface area contributed by atoms with Gasteiger partial charge in [0.15, 0.2) is 0 Å². The van der Waals surface area contributed by atoms with Crippen LogP contribution in [0.5, 0.6) is 0 Å². The molecule has 0 aliphatic heterocycles. The van der Waals surface area contributed by atoms with E-state index in [1.807, 2.05) is 0 Å². The number of sulfonamides is 1. The second-order valence-electron chi connectivity index (χ2n) is 5.86. The number of furan rings is 1. The molecular formula is C17H14N2O7S. The second-order valence-corrected chi connectivity index (χ2v) is 7.51. The highest BCUT2D eigenvalue weighted by atomic mass is 32.2. The van der Waals surface area contributed by atoms with E-state index in [2.05, 4.69) is 4.72 Å². The monoisotopic (exact) mass is 390 g/mol. The Bertz CT molecular complexity index is 1200. The van der Waals surface area contributed by atoms with Crippen LogP contribution in [0.25, 0.3) is 11.0 Å². The van der Waals surface area contributed by atoms with Gasteiger partial charge in [-0.3, -0.25) is 14.8 Å². The number of anilines is 1. The first kappa shape index (κ1) is 18.4. The molecule has 0 radical (unpaired) electrons. The van der Waals surface area contributed by atoms with Crippen LogP contribution in [-0.2, 0) is 10.0 Å². The average molecular weight is 390 g/mol. The number of carbonyl (C=O) groups is 1. The van der Waals surface area contributed by atoms with E-state index in [-0.39, 0.29) is 33.0 Å². The van der Waals surface area contributed by atoms with Gasteiger partial charge in [-0.25, -0.2) is 13.2 Å². The molecule has 2 aromatic carbocycles. The second kappa shape index (κ2) is 6.40. The first-order chi connectivity index (χ1) is 12.6. The number of carboxylic acid groups (broad SMARTS) is 1. The zero-order valence-electron chi connectivity index (χ0n) is 14.2. The van der Waals surface area contributed by atoms with E-state index in [0.29, 0.717) is 11.1 Å². The molecule has 0 unspecified atom stereocenters. The molecule has 1 heterocycles. The number of fused-ring (bicyclic) bond motifs is 1. The van der Waals surface area contributed by atoms with Gasteiger partial charge in [0.1, 0.15) is 16.9 Å². The summed E-state index contributed by atoms with van der Waals surface area (Å²) in [7, 11) is -4.13. The van der Waals surface area contributed by atoms with Crippen LogP contribution < -0.4 is 4.72 Å². The van der Waals surface area contributed by atoms with Crippen molar-refractivity contribution in [1.29, 1.82) is 0 Å². The zero-order valence-corrected chi connectivity index (χ0v) is 15.0. The highest BCUT2D eigenvalue weighted by Gasteiger charge is 2.22. The van der Waals surface area contributed by atoms with Gasteiger partial charge in [0.25, 0.3) is 15.7 Å². The van der Waals surface area contributed by atoms with Crippen molar-refractivity contribution in [2.75, 3.05) is 4.72 Å². The largest absolute Gasteiger partial charge is 0.478 e. The van der Waals surface area contributed by atoms with Gasteiger partial charge in [0, 0.05) is 23.2 Å². The third-order valence-electron chi connectivity index (χ3n) is 4.00. The van der Waals surface area contributed by atoms with E-state index < -0.39 is 20.9 Å². The Kier molecular flexibility index (Phi) is 4.36. The van der Waals surface area contributed by atoms with E-state index in [4.69, 9.17) is 4.42 Å². The zero-order chi connectivity index (χ0) is 19.9. The van der Waals surface area contributed by atoms with Crippen LogP contribution in [0.2, 0.25) is 0 Å². The Labute approximate surface area is 153 Å². The van der Waals surface area contributed by atoms with Gasteiger partial charge in [0.2, 0.25) is 0 Å². The van der Waals surface area contributed by atoms with Crippen LogP contribution in [-0.4, -0.2) is 24.4 Å². The van der Waals surface area contributed by atoms with Crippen molar-refractivity contribution in [3.63, 3.8) is 0 Å². The molecule has 0 spiro atoms. The van der Waals surface area contributed by atoms with E-state index in [0.717, 1.165) is 6.07 Å². The summed E-state index contributed by atoms with van der Waals surface area (Å²) >= 11 is 0. The highest BCUT2D eigenvalue weighted by molar-refractivity contribution is 7.92. The fourth-order valence-corrected chi connectivity index (χ4v) is 4.07. The van der Waals surface area contributed by atoms with Crippen LogP contribution in [0.4, 0.5) is 11.4 Å². The van der Waals surface area contributed by atoms with Crippen LogP contribution >= 0.6 is 0 Å². The summed E-state index contributed by atoms with van der Waals surface area (Å²) in [5.41, 5.74) is 0.336. The van der Waals surface area contributed by atoms with Gasteiger partial charge in [0.05, 0.1) is 9.82 Å². The first-order valence-corrected chi connectivity index (χ1v) is 9.13. The summed E-state index contributed by atoms with van der Waals surface area (Å²) in [4.78, 5) is 21.4. The predicted octanol–water partition coefficient (Wildman–Crippen LogP) is 3.46. The number of rotatable bonds is 5. The van der Waals surface area contributed by atoms with E-state index in [1.54, 1.807) is 0 Å². The van der Waals surface area contributed by atoms with Gasteiger partial charge < -0.3 is 9.52 Å². The molecule has 3 rings (SSSR count). The van der Waals surface area contributed by atoms with Gasteiger partial charge in [-0.15, -0.1) is 0 Å². The number of non-ortho nitro benzene ring substituents is 1. The molecule has 140 valence electrons. The summed E-state index contributed by atoms with van der Waals surface area (Å²) in [6.45, 7) is 3.02. The quantitative estimate of drug-likeness (QED) is 0.502. The standard InChI is InChI=1S/C17H14N2O7S/c1-9-3-5-12(19(22)23)8-15(9)27(24,25)18-11-4-6-14-13(7-11)16(17(20)21)10(2)26-14/h3-8,18H,1-2H3,(H,20,21). The van der Waals surface area contributed by atoms with Crippen molar-refractivity contribution >= 4 is 38.3 Å². The number of aryl methyl sites for hydroxylation is 2. The molecule has 0 aliphatic rings. The number of nitrogens with zero attached hydrogens (tertiary/aromatic N) is 1. The Morgan fingerprint density at radius 2 is 1.89 bits per heavy atom. The van der Waals surface area contributed by atoms with Gasteiger partial charge in [-0.05, 0) is 37.6 Å². The highest BCUT2D eigenvalue weighted by Crippen LogP contribution is 2.30. The maximum atomic E-state index is 12.7. The third-order valence-corrected chi connectivity index (χ3v) is 5.53. The molecule has 27 heavy (non-hydrogen) atoms. The minimum Gasteiger partial charge on any atom is -0.478 e. The Morgan fingerprint density at radius 1 is 1.19 bits per heavy atom. The minimum atomic E-state index is -4.13. The van der Waals surface area contributed by atoms with Crippen molar-refractivity contribution in [3.8, 4) is 0 Å². The molecule has 10 heteroatoms. The number of carboxylic acids is 1. The van der Waals surface area contributed by atoms with E-state index >= 15 is 0 Å². The molecule has 0 aliphatic carbocycles. The fraction of sp³-hybridized carbons (Fsp3) is 0.118. The molecule has 0 saturated heterocycles. The average Bonchev–Trinajstić information content (AvgIpc) is 2.89. The number of hydrogen-bond acceptors (Lipinski definition) is 6. The number of benzene rings is 2. The SMILES string of the molecule is Cc1ccc([N+](=O)[O-])cc1S(=O)(=O)Nc1ccc2oc(C)c(C(=O)O)c2c1. The summed E-state index contributed by atoms with van der Waals surface area (Å²) < 4.78 is 33.1. The lowest BCUT2D eigenvalue weighted by molar-refractivity contribution is -0.385. The molecule has 0 atom stereocenters. The Balaban J connectivity index is 2.06. The Morgan fingerprint density at radius 3 is 2.52 bits per heavy atom. The summed E-state index contributed by atoms with van der Waals surface area (Å²) in [6.07, 6.45) is 0. The number of nitrogens with one attached hydrogen (secondary N) is 1. The molecule has 0 saturated carbocycles. The van der Waals surface area contributed by atoms with Crippen molar-refractivity contribution in [2.24, 2.45) is 0 Å². The summed E-state index contributed by atoms with van der Waals surface area (Å²) in [5.74, 6) is -0.993. The maximum Gasteiger partial charge on any atom is 0.339 e. The van der Waals surface area contributed by atoms with Crippen molar-refractivity contribution in [3.05, 3.63) is 63.4 Å². The first-order valence-electron chi connectivity index (χ1n) is 7.64. The molecule has 3 aromatic rings. The number of aromatic carboxylic acids is 1. The van der Waals surface area contributed by atoms with Crippen LogP contribution in [0.1, 0.15) is 21.7 Å². The maximum absolute atomic E-state index is 12.7. The molecule has 0 fully saturated rings. The molecule has 1 aromatic heterocycles. The number of nitro groups is 1. The smallest absolute Gasteiger partial charge is 0.339 e. The number of nitro benzene ring substituents is 1. The van der Waals surface area contributed by atoms with Crippen molar-refractivity contribution in [1.82, 2.24) is 0 Å². The summed E-state index contributed by atoms with van der Waals surface area (Å²) in [6, 6.07) is 7.75. The van der Waals surface area contributed by atoms with Crippen molar-refractivity contribution in [2.45, 2.75) is 18.7 Å². The Hall–Kier alpha value is -3.40. The van der Waals surface area contributed by atoms with Crippen LogP contribution in [0.15, 0.2) is 45.7 Å². The normalized spacial score (nSPS) is 11.5. The third kappa shape index (κ3) is 3.34. The molecule has 2 N–H and O–H groups in total. The van der Waals surface area contributed by atoms with Gasteiger partial charge >= 0.3 is 5.97 Å². The van der Waals surface area contributed by atoms with Gasteiger partial charge in [-0.1, -0.05) is 6.07 Å². The topological polar surface area (TPSA) is 140 Å². The minimum absolute atomic E-state index is 0.0578. The van der Waals surface area contributed by atoms with E-state index in [9.17, 15) is 28.4 Å². The lowest BCUT2D eigenvalue weighted by Gasteiger charge is -2.10. The summed E-state index contributed by atoms with van der Waals surface area (Å²) in [5, 5.41) is 20.5. The van der Waals surface area contributed by atoms with Gasteiger partial charge in [-0.2, -0.15) is 0 Å². The van der Waals surface area contributed by atoms with Crippen LogP contribution in [0, 0.1) is 24.0 Å². The molecule has 0 amide bonds. The lowest BCUT2D eigenvalue weighted by Crippen LogP contribution is -2.14. The number of hydrogen-bond donors (Lipinski definition) is 2. The lowest BCUT2D eigenvalue weighted by atomic mass is 10.1.